The number of carbonyl (C=O) groups is 3. The van der Waals surface area contributed by atoms with Crippen LogP contribution in [0.4, 0.5) is 4.39 Å². The van der Waals surface area contributed by atoms with Gasteiger partial charge in [0.25, 0.3) is 5.91 Å². The molecule has 0 radical (unpaired) electrons. The zero-order valence-corrected chi connectivity index (χ0v) is 26.9. The number of aromatic nitrogens is 2. The lowest BCUT2D eigenvalue weighted by atomic mass is 9.90. The average molecular weight is 686 g/mol. The first-order valence-electron chi connectivity index (χ1n) is 14.1. The second-order valence-electron chi connectivity index (χ2n) is 11.3. The molecule has 0 unspecified atom stereocenters. The van der Waals surface area contributed by atoms with Crippen LogP contribution in [0.3, 0.4) is 0 Å². The van der Waals surface area contributed by atoms with Gasteiger partial charge in [0.15, 0.2) is 15.6 Å². The van der Waals surface area contributed by atoms with Crippen molar-refractivity contribution >= 4 is 50.6 Å². The normalized spacial score (nSPS) is 17.7. The Morgan fingerprint density at radius 1 is 1.07 bits per heavy atom. The summed E-state index contributed by atoms with van der Waals surface area (Å²) in [7, 11) is -2.21. The zero-order chi connectivity index (χ0) is 33.0. The minimum absolute atomic E-state index is 0.102. The van der Waals surface area contributed by atoms with E-state index in [0.717, 1.165) is 25.2 Å². The minimum atomic E-state index is -3.84. The topological polar surface area (TPSA) is 128 Å². The van der Waals surface area contributed by atoms with Crippen molar-refractivity contribution in [3.05, 3.63) is 116 Å². The van der Waals surface area contributed by atoms with Gasteiger partial charge in [-0.15, -0.1) is 0 Å². The average Bonchev–Trinajstić information content (AvgIpc) is 3.73. The Bertz CT molecular complexity index is 2010. The molecule has 4 aromatic rings. The number of nitrogens with zero attached hydrogens (tertiary/aromatic N) is 3. The number of carbonyl (C=O) groups excluding carboxylic acids is 3. The van der Waals surface area contributed by atoms with E-state index in [4.69, 9.17) is 27.9 Å². The molecule has 1 saturated carbocycles. The summed E-state index contributed by atoms with van der Waals surface area (Å²) in [5.41, 5.74) is -1.87. The van der Waals surface area contributed by atoms with Crippen LogP contribution in [0.2, 0.25) is 10.0 Å². The Morgan fingerprint density at radius 2 is 1.76 bits per heavy atom. The fourth-order valence-electron chi connectivity index (χ4n) is 5.65. The van der Waals surface area contributed by atoms with Gasteiger partial charge in [-0.05, 0) is 54.8 Å². The standard InChI is InChI=1S/C32H27Cl2FN4O6S/c1-38-15-21(14-37-38)29(40)20-11-25-28(26(35)12-20)32(22-6-9-23(33)10-7-22,45-17-36-30(41)18-3-4-18)39(31(25)42)16-19-5-8-24(34)13-27(19)46(2,43)44/h5-15,18H,3-4,16-17H2,1-2H3,(H,36,41)/t32-/m1/s1. The quantitative estimate of drug-likeness (QED) is 0.187. The van der Waals surface area contributed by atoms with Crippen molar-refractivity contribution in [2.45, 2.75) is 30.0 Å². The summed E-state index contributed by atoms with van der Waals surface area (Å²) in [6, 6.07) is 12.7. The van der Waals surface area contributed by atoms with Crippen LogP contribution in [-0.4, -0.2) is 53.7 Å². The van der Waals surface area contributed by atoms with Gasteiger partial charge >= 0.3 is 0 Å². The number of hydrogen-bond donors (Lipinski definition) is 1. The predicted octanol–water partition coefficient (Wildman–Crippen LogP) is 4.86. The van der Waals surface area contributed by atoms with Gasteiger partial charge in [-0.2, -0.15) is 5.10 Å². The van der Waals surface area contributed by atoms with Crippen LogP contribution >= 0.6 is 23.2 Å². The Morgan fingerprint density at radius 3 is 2.39 bits per heavy atom. The number of fused-ring (bicyclic) bond motifs is 1. The molecule has 6 rings (SSSR count). The van der Waals surface area contributed by atoms with E-state index in [9.17, 15) is 22.8 Å². The van der Waals surface area contributed by atoms with Crippen LogP contribution in [0.1, 0.15) is 55.8 Å². The van der Waals surface area contributed by atoms with E-state index >= 15 is 4.39 Å². The van der Waals surface area contributed by atoms with E-state index in [2.05, 4.69) is 10.4 Å². The van der Waals surface area contributed by atoms with Gasteiger partial charge in [0, 0.05) is 46.6 Å². The van der Waals surface area contributed by atoms with Gasteiger partial charge in [-0.3, -0.25) is 24.0 Å². The maximum atomic E-state index is 16.6. The molecule has 14 heteroatoms. The van der Waals surface area contributed by atoms with Crippen molar-refractivity contribution in [1.29, 1.82) is 0 Å². The number of sulfone groups is 1. The van der Waals surface area contributed by atoms with E-state index < -0.39 is 39.8 Å². The van der Waals surface area contributed by atoms with Crippen LogP contribution in [0.25, 0.3) is 0 Å². The molecule has 3 aromatic carbocycles. The predicted molar refractivity (Wildman–Crippen MR) is 167 cm³/mol. The highest BCUT2D eigenvalue weighted by molar-refractivity contribution is 7.90. The molecule has 2 heterocycles. The number of hydrogen-bond acceptors (Lipinski definition) is 7. The van der Waals surface area contributed by atoms with E-state index in [1.165, 1.54) is 58.4 Å². The summed E-state index contributed by atoms with van der Waals surface area (Å²) in [5.74, 6) is -2.64. The van der Waals surface area contributed by atoms with Crippen LogP contribution in [0, 0.1) is 11.7 Å². The van der Waals surface area contributed by atoms with Gasteiger partial charge in [0.1, 0.15) is 12.5 Å². The summed E-state index contributed by atoms with van der Waals surface area (Å²) in [4.78, 5) is 41.4. The van der Waals surface area contributed by atoms with Crippen molar-refractivity contribution < 1.29 is 31.9 Å². The summed E-state index contributed by atoms with van der Waals surface area (Å²) >= 11 is 12.3. The number of nitrogens with one attached hydrogen (secondary N) is 1. The van der Waals surface area contributed by atoms with Gasteiger partial charge in [-0.25, -0.2) is 12.8 Å². The van der Waals surface area contributed by atoms with Gasteiger partial charge in [0.2, 0.25) is 11.6 Å². The Kier molecular flexibility index (Phi) is 8.26. The zero-order valence-electron chi connectivity index (χ0n) is 24.6. The SMILES string of the molecule is Cn1cc(C(=O)c2cc(F)c3c(c2)C(=O)N(Cc2ccc(Cl)cc2S(C)(=O)=O)[C@@]3(OCNC(=O)C2CC2)c2ccc(Cl)cc2)cn1. The number of amides is 2. The Labute approximate surface area is 274 Å². The molecule has 2 amide bonds. The van der Waals surface area contributed by atoms with Gasteiger partial charge in [-0.1, -0.05) is 41.4 Å². The lowest BCUT2D eigenvalue weighted by Gasteiger charge is -2.39. The Balaban J connectivity index is 1.55. The first-order chi connectivity index (χ1) is 21.8. The molecule has 0 spiro atoms. The lowest BCUT2D eigenvalue weighted by molar-refractivity contribution is -0.136. The summed E-state index contributed by atoms with van der Waals surface area (Å²) < 4.78 is 50.0. The fraction of sp³-hybridized carbons (Fsp3) is 0.250. The second kappa shape index (κ2) is 11.9. The van der Waals surface area contributed by atoms with Gasteiger partial charge in [0.05, 0.1) is 34.3 Å². The molecule has 0 saturated heterocycles. The number of halogens is 3. The number of ether oxygens (including phenoxy) is 1. The minimum Gasteiger partial charge on any atom is -0.333 e. The maximum absolute atomic E-state index is 16.6. The highest BCUT2D eigenvalue weighted by Crippen LogP contribution is 2.48. The first kappa shape index (κ1) is 31.9. The monoisotopic (exact) mass is 684 g/mol. The van der Waals surface area contributed by atoms with Crippen molar-refractivity contribution in [2.24, 2.45) is 13.0 Å². The van der Waals surface area contributed by atoms with Crippen LogP contribution in [0.15, 0.2) is 71.9 Å². The highest BCUT2D eigenvalue weighted by atomic mass is 35.5. The molecular formula is C32H27Cl2FN4O6S. The molecule has 1 N–H and O–H groups in total. The molecule has 10 nitrogen and oxygen atoms in total. The molecule has 2 aliphatic rings. The Hall–Kier alpha value is -4.10. The smallest absolute Gasteiger partial charge is 0.257 e. The summed E-state index contributed by atoms with van der Waals surface area (Å²) in [5, 5.41) is 7.22. The second-order valence-corrected chi connectivity index (χ2v) is 14.1. The van der Waals surface area contributed by atoms with Crippen LogP contribution < -0.4 is 5.32 Å². The summed E-state index contributed by atoms with van der Waals surface area (Å²) in [6.45, 7) is -0.797. The molecule has 0 bridgehead atoms. The van der Waals surface area contributed by atoms with E-state index in [0.29, 0.717) is 5.02 Å². The molecule has 1 fully saturated rings. The van der Waals surface area contributed by atoms with Crippen LogP contribution in [0.5, 0.6) is 0 Å². The number of aryl methyl sites for hydroxylation is 1. The van der Waals surface area contributed by atoms with E-state index in [1.807, 2.05) is 0 Å². The fourth-order valence-corrected chi connectivity index (χ4v) is 6.96. The van der Waals surface area contributed by atoms with E-state index in [1.54, 1.807) is 19.2 Å². The third-order valence-electron chi connectivity index (χ3n) is 7.98. The van der Waals surface area contributed by atoms with Gasteiger partial charge < -0.3 is 10.1 Å². The van der Waals surface area contributed by atoms with Crippen molar-refractivity contribution in [3.63, 3.8) is 0 Å². The molecular weight excluding hydrogens is 658 g/mol. The third kappa shape index (κ3) is 5.81. The van der Waals surface area contributed by atoms with E-state index in [-0.39, 0.29) is 61.7 Å². The largest absolute Gasteiger partial charge is 0.333 e. The molecule has 1 aromatic heterocycles. The third-order valence-corrected chi connectivity index (χ3v) is 9.65. The summed E-state index contributed by atoms with van der Waals surface area (Å²) in [6.07, 6.45) is 5.27. The molecule has 46 heavy (non-hydrogen) atoms. The molecule has 1 aliphatic heterocycles. The van der Waals surface area contributed by atoms with Crippen LogP contribution in [-0.2, 0) is 38.7 Å². The number of rotatable bonds is 10. The molecule has 1 atom stereocenters. The highest BCUT2D eigenvalue weighted by Gasteiger charge is 2.55. The van der Waals surface area contributed by atoms with Crippen molar-refractivity contribution in [2.75, 3.05) is 13.0 Å². The number of ketones is 1. The maximum Gasteiger partial charge on any atom is 0.257 e. The number of benzene rings is 3. The first-order valence-corrected chi connectivity index (χ1v) is 16.8. The molecule has 238 valence electrons. The van der Waals surface area contributed by atoms with Crippen molar-refractivity contribution in [1.82, 2.24) is 20.0 Å². The van der Waals surface area contributed by atoms with Crippen molar-refractivity contribution in [3.8, 4) is 0 Å². The molecule has 1 aliphatic carbocycles. The lowest BCUT2D eigenvalue weighted by Crippen LogP contribution is -2.49.